The summed E-state index contributed by atoms with van der Waals surface area (Å²) in [6.45, 7) is 6.20. The molecular weight excluding hydrogens is 302 g/mol. The number of aliphatic hydroxyl groups excluding tert-OH is 1. The Morgan fingerprint density at radius 1 is 1.32 bits per heavy atom. The van der Waals surface area contributed by atoms with E-state index >= 15 is 0 Å². The lowest BCUT2D eigenvalue weighted by Crippen LogP contribution is -2.26. The maximum atomic E-state index is 12.7. The Balaban J connectivity index is 2.77. The lowest BCUT2D eigenvalue weighted by molar-refractivity contribution is 0.245. The topological polar surface area (TPSA) is 51.5 Å². The van der Waals surface area contributed by atoms with Gasteiger partial charge in [-0.2, -0.15) is 0 Å². The molecule has 120 valence electrons. The maximum absolute atomic E-state index is 12.7. The summed E-state index contributed by atoms with van der Waals surface area (Å²) in [4.78, 5) is 12.7. The summed E-state index contributed by atoms with van der Waals surface area (Å²) < 4.78 is 7.50. The predicted molar refractivity (Wildman–Crippen MR) is 89.9 cm³/mol. The minimum absolute atomic E-state index is 0.0664. The molecule has 1 heterocycles. The van der Waals surface area contributed by atoms with Crippen LogP contribution in [-0.2, 0) is 6.61 Å². The minimum Gasteiger partial charge on any atom is -0.491 e. The van der Waals surface area contributed by atoms with Crippen LogP contribution in [-0.4, -0.2) is 16.3 Å². The first-order valence-electron chi connectivity index (χ1n) is 7.61. The van der Waals surface area contributed by atoms with Crippen molar-refractivity contribution in [1.82, 2.24) is 4.57 Å². The second kappa shape index (κ2) is 7.16. The van der Waals surface area contributed by atoms with Crippen molar-refractivity contribution in [1.29, 1.82) is 0 Å². The zero-order chi connectivity index (χ0) is 16.3. The second-order valence-corrected chi connectivity index (χ2v) is 6.03. The molecule has 1 aromatic carbocycles. The monoisotopic (exact) mass is 323 g/mol. The van der Waals surface area contributed by atoms with Crippen LogP contribution in [0.3, 0.4) is 0 Å². The number of aliphatic hydroxyl groups is 1. The molecule has 1 N–H and O–H groups in total. The summed E-state index contributed by atoms with van der Waals surface area (Å²) in [7, 11) is 0. The third-order valence-corrected chi connectivity index (χ3v) is 3.87. The zero-order valence-electron chi connectivity index (χ0n) is 13.2. The first-order chi connectivity index (χ1) is 10.5. The quantitative estimate of drug-likeness (QED) is 0.820. The first kappa shape index (κ1) is 16.8. The van der Waals surface area contributed by atoms with Crippen molar-refractivity contribution >= 4 is 22.4 Å². The van der Waals surface area contributed by atoms with Crippen LogP contribution in [0.25, 0.3) is 10.8 Å². The highest BCUT2D eigenvalue weighted by Crippen LogP contribution is 2.31. The highest BCUT2D eigenvalue weighted by Gasteiger charge is 2.19. The number of halogens is 1. The molecule has 22 heavy (non-hydrogen) atoms. The zero-order valence-corrected chi connectivity index (χ0v) is 14.0. The van der Waals surface area contributed by atoms with Gasteiger partial charge in [0.15, 0.2) is 0 Å². The normalized spacial score (nSPS) is 11.4. The molecule has 5 heteroatoms. The average Bonchev–Trinajstić information content (AvgIpc) is 2.48. The molecule has 0 amide bonds. The van der Waals surface area contributed by atoms with Crippen molar-refractivity contribution in [2.45, 2.75) is 46.3 Å². The molecule has 0 unspecified atom stereocenters. The van der Waals surface area contributed by atoms with Crippen LogP contribution < -0.4 is 10.3 Å². The Morgan fingerprint density at radius 3 is 2.64 bits per heavy atom. The van der Waals surface area contributed by atoms with E-state index in [1.807, 2.05) is 13.8 Å². The lowest BCUT2D eigenvalue weighted by atomic mass is 10.1. The van der Waals surface area contributed by atoms with Gasteiger partial charge in [-0.05, 0) is 38.5 Å². The number of ether oxygens (including phenoxy) is 1. The Labute approximate surface area is 135 Å². The number of nitrogens with zero attached hydrogens (tertiary/aromatic N) is 1. The van der Waals surface area contributed by atoms with Gasteiger partial charge in [0.2, 0.25) is 0 Å². The van der Waals surface area contributed by atoms with Crippen LogP contribution in [0.4, 0.5) is 0 Å². The van der Waals surface area contributed by atoms with E-state index in [1.165, 1.54) is 0 Å². The Hall–Kier alpha value is -1.52. The molecule has 0 fully saturated rings. The van der Waals surface area contributed by atoms with E-state index in [-0.39, 0.29) is 18.2 Å². The van der Waals surface area contributed by atoms with E-state index in [0.717, 1.165) is 12.8 Å². The van der Waals surface area contributed by atoms with Crippen molar-refractivity contribution in [2.24, 2.45) is 0 Å². The Kier molecular flexibility index (Phi) is 5.48. The number of rotatable bonds is 6. The van der Waals surface area contributed by atoms with Gasteiger partial charge >= 0.3 is 0 Å². The summed E-state index contributed by atoms with van der Waals surface area (Å²) in [6, 6.07) is 5.07. The van der Waals surface area contributed by atoms with E-state index in [0.29, 0.717) is 33.8 Å². The number of benzene rings is 1. The van der Waals surface area contributed by atoms with Gasteiger partial charge in [-0.1, -0.05) is 24.9 Å². The molecule has 2 rings (SSSR count). The van der Waals surface area contributed by atoms with Crippen molar-refractivity contribution < 1.29 is 9.84 Å². The molecule has 0 atom stereocenters. The van der Waals surface area contributed by atoms with Gasteiger partial charge in [-0.25, -0.2) is 0 Å². The fraction of sp³-hybridized carbons (Fsp3) is 0.471. The highest BCUT2D eigenvalue weighted by atomic mass is 35.5. The molecule has 1 aromatic heterocycles. The number of pyridine rings is 1. The van der Waals surface area contributed by atoms with Crippen LogP contribution >= 0.6 is 11.6 Å². The number of fused-ring (bicyclic) bond motifs is 1. The lowest BCUT2D eigenvalue weighted by Gasteiger charge is -2.21. The molecule has 2 aromatic rings. The van der Waals surface area contributed by atoms with Crippen LogP contribution in [0.15, 0.2) is 23.0 Å². The van der Waals surface area contributed by atoms with E-state index in [9.17, 15) is 9.90 Å². The fourth-order valence-corrected chi connectivity index (χ4v) is 2.75. The summed E-state index contributed by atoms with van der Waals surface area (Å²) in [6.07, 6.45) is 1.92. The standard InChI is InChI=1S/C17H22ClNO3/c1-4-5-8-22-16-14-9-12(18)6-7-13(14)17(21)19(11(2)3)15(16)10-20/h6-7,9,11,20H,4-5,8,10H2,1-3H3. The van der Waals surface area contributed by atoms with E-state index < -0.39 is 0 Å². The molecule has 0 radical (unpaired) electrons. The van der Waals surface area contributed by atoms with Gasteiger partial charge in [-0.15, -0.1) is 0 Å². The molecule has 0 bridgehead atoms. The number of unbranched alkanes of at least 4 members (excludes halogenated alkanes) is 1. The minimum atomic E-state index is -0.253. The van der Waals surface area contributed by atoms with Crippen molar-refractivity contribution in [3.8, 4) is 5.75 Å². The Bertz CT molecular complexity index is 722. The van der Waals surface area contributed by atoms with Crippen molar-refractivity contribution in [3.63, 3.8) is 0 Å². The first-order valence-corrected chi connectivity index (χ1v) is 7.99. The highest BCUT2D eigenvalue weighted by molar-refractivity contribution is 6.31. The van der Waals surface area contributed by atoms with Crippen molar-refractivity contribution in [2.75, 3.05) is 6.61 Å². The van der Waals surface area contributed by atoms with Crippen LogP contribution in [0, 0.1) is 0 Å². The van der Waals surface area contributed by atoms with Gasteiger partial charge < -0.3 is 14.4 Å². The molecule has 0 aliphatic rings. The second-order valence-electron chi connectivity index (χ2n) is 5.59. The number of aromatic nitrogens is 1. The van der Waals surface area contributed by atoms with E-state index in [4.69, 9.17) is 16.3 Å². The van der Waals surface area contributed by atoms with Gasteiger partial charge in [0.05, 0.1) is 24.3 Å². The molecule has 0 saturated heterocycles. The summed E-state index contributed by atoms with van der Waals surface area (Å²) >= 11 is 6.08. The molecule has 4 nitrogen and oxygen atoms in total. The van der Waals surface area contributed by atoms with E-state index in [2.05, 4.69) is 6.92 Å². The molecule has 0 spiro atoms. The van der Waals surface area contributed by atoms with Crippen molar-refractivity contribution in [3.05, 3.63) is 39.3 Å². The molecule has 0 aliphatic carbocycles. The molecular formula is C17H22ClNO3. The third-order valence-electron chi connectivity index (χ3n) is 3.64. The van der Waals surface area contributed by atoms with Gasteiger partial charge in [0.25, 0.3) is 5.56 Å². The third kappa shape index (κ3) is 3.13. The Morgan fingerprint density at radius 2 is 2.05 bits per heavy atom. The fourth-order valence-electron chi connectivity index (χ4n) is 2.58. The number of hydrogen-bond acceptors (Lipinski definition) is 3. The average molecular weight is 324 g/mol. The summed E-state index contributed by atoms with van der Waals surface area (Å²) in [5.41, 5.74) is 0.374. The SMILES string of the molecule is CCCCOc1c(CO)n(C(C)C)c(=O)c2ccc(Cl)cc12. The molecule has 0 saturated carbocycles. The van der Waals surface area contributed by atoms with Crippen LogP contribution in [0.2, 0.25) is 5.02 Å². The van der Waals surface area contributed by atoms with Crippen LogP contribution in [0.5, 0.6) is 5.75 Å². The largest absolute Gasteiger partial charge is 0.491 e. The smallest absolute Gasteiger partial charge is 0.259 e. The van der Waals surface area contributed by atoms with Gasteiger partial charge in [-0.3, -0.25) is 4.79 Å². The van der Waals surface area contributed by atoms with Gasteiger partial charge in [0, 0.05) is 16.5 Å². The molecule has 0 aliphatic heterocycles. The maximum Gasteiger partial charge on any atom is 0.259 e. The van der Waals surface area contributed by atoms with Gasteiger partial charge in [0.1, 0.15) is 5.75 Å². The number of hydrogen-bond donors (Lipinski definition) is 1. The van der Waals surface area contributed by atoms with E-state index in [1.54, 1.807) is 22.8 Å². The summed E-state index contributed by atoms with van der Waals surface area (Å²) in [5, 5.41) is 11.5. The summed E-state index contributed by atoms with van der Waals surface area (Å²) in [5.74, 6) is 0.557. The van der Waals surface area contributed by atoms with Crippen LogP contribution in [0.1, 0.15) is 45.3 Å². The predicted octanol–water partition coefficient (Wildman–Crippen LogP) is 3.91.